The van der Waals surface area contributed by atoms with E-state index in [2.05, 4.69) is 6.07 Å². The minimum Gasteiger partial charge on any atom is -0.496 e. The summed E-state index contributed by atoms with van der Waals surface area (Å²) in [4.78, 5) is 1.12. The lowest BCUT2D eigenvalue weighted by Gasteiger charge is -2.07. The molecule has 0 aliphatic rings. The standard InChI is InChI=1S/C10H14O2S/c1-12-9-4-3-8(5-6-11)7-10(9)13-2/h3-4,7,11H,5-6H2,1-2H3. The molecule has 72 valence electrons. The third-order valence-corrected chi connectivity index (χ3v) is 2.61. The van der Waals surface area contributed by atoms with Gasteiger partial charge in [0.2, 0.25) is 0 Å². The molecule has 0 radical (unpaired) electrons. The molecule has 0 atom stereocenters. The largest absolute Gasteiger partial charge is 0.496 e. The molecule has 0 heterocycles. The smallest absolute Gasteiger partial charge is 0.132 e. The fourth-order valence-electron chi connectivity index (χ4n) is 1.17. The maximum Gasteiger partial charge on any atom is 0.132 e. The van der Waals surface area contributed by atoms with Gasteiger partial charge in [-0.15, -0.1) is 11.8 Å². The van der Waals surface area contributed by atoms with Gasteiger partial charge >= 0.3 is 0 Å². The topological polar surface area (TPSA) is 29.5 Å². The molecule has 1 N–H and O–H groups in total. The first-order chi connectivity index (χ1) is 6.31. The Morgan fingerprint density at radius 3 is 2.77 bits per heavy atom. The van der Waals surface area contributed by atoms with E-state index in [-0.39, 0.29) is 6.61 Å². The summed E-state index contributed by atoms with van der Waals surface area (Å²) in [5.74, 6) is 0.897. The van der Waals surface area contributed by atoms with E-state index in [9.17, 15) is 0 Å². The Morgan fingerprint density at radius 1 is 1.46 bits per heavy atom. The highest BCUT2D eigenvalue weighted by molar-refractivity contribution is 7.98. The summed E-state index contributed by atoms with van der Waals surface area (Å²) < 4.78 is 5.19. The van der Waals surface area contributed by atoms with E-state index >= 15 is 0 Å². The summed E-state index contributed by atoms with van der Waals surface area (Å²) in [7, 11) is 1.67. The summed E-state index contributed by atoms with van der Waals surface area (Å²) in [6.45, 7) is 0.195. The average Bonchev–Trinajstić information content (AvgIpc) is 2.18. The highest BCUT2D eigenvalue weighted by Crippen LogP contribution is 2.28. The van der Waals surface area contributed by atoms with Crippen LogP contribution < -0.4 is 4.74 Å². The van der Waals surface area contributed by atoms with Crippen molar-refractivity contribution < 1.29 is 9.84 Å². The van der Waals surface area contributed by atoms with Crippen LogP contribution in [-0.4, -0.2) is 25.1 Å². The van der Waals surface area contributed by atoms with Crippen molar-refractivity contribution >= 4 is 11.8 Å². The Morgan fingerprint density at radius 2 is 2.23 bits per heavy atom. The number of thioether (sulfide) groups is 1. The van der Waals surface area contributed by atoms with Gasteiger partial charge in [0, 0.05) is 11.5 Å². The highest BCUT2D eigenvalue weighted by atomic mass is 32.2. The van der Waals surface area contributed by atoms with Crippen LogP contribution in [0.3, 0.4) is 0 Å². The van der Waals surface area contributed by atoms with E-state index in [4.69, 9.17) is 9.84 Å². The molecule has 0 bridgehead atoms. The molecule has 3 heteroatoms. The zero-order chi connectivity index (χ0) is 9.68. The molecule has 0 aromatic heterocycles. The van der Waals surface area contributed by atoms with Gasteiger partial charge in [-0.1, -0.05) is 6.07 Å². The van der Waals surface area contributed by atoms with Crippen molar-refractivity contribution in [1.29, 1.82) is 0 Å². The summed E-state index contributed by atoms with van der Waals surface area (Å²) in [6.07, 6.45) is 2.72. The van der Waals surface area contributed by atoms with E-state index < -0.39 is 0 Å². The third kappa shape index (κ3) is 2.64. The summed E-state index contributed by atoms with van der Waals surface area (Å²) in [5, 5.41) is 8.77. The molecule has 0 saturated carbocycles. The quantitative estimate of drug-likeness (QED) is 0.750. The molecular weight excluding hydrogens is 184 g/mol. The van der Waals surface area contributed by atoms with Crippen LogP contribution in [0.15, 0.2) is 23.1 Å². The Bertz CT molecular complexity index is 274. The Kier molecular flexibility index (Phi) is 4.12. The predicted octanol–water partition coefficient (Wildman–Crippen LogP) is 1.95. The number of hydrogen-bond acceptors (Lipinski definition) is 3. The molecule has 2 nitrogen and oxygen atoms in total. The monoisotopic (exact) mass is 198 g/mol. The van der Waals surface area contributed by atoms with Crippen LogP contribution in [0.4, 0.5) is 0 Å². The lowest BCUT2D eigenvalue weighted by molar-refractivity contribution is 0.299. The van der Waals surface area contributed by atoms with E-state index in [1.807, 2.05) is 18.4 Å². The van der Waals surface area contributed by atoms with Gasteiger partial charge in [0.15, 0.2) is 0 Å². The minimum absolute atomic E-state index is 0.195. The molecule has 0 fully saturated rings. The lowest BCUT2D eigenvalue weighted by Crippen LogP contribution is -1.92. The lowest BCUT2D eigenvalue weighted by atomic mass is 10.1. The SMILES string of the molecule is COc1ccc(CCO)cc1SC. The van der Waals surface area contributed by atoms with E-state index in [1.54, 1.807) is 18.9 Å². The number of methoxy groups -OCH3 is 1. The van der Waals surface area contributed by atoms with Crippen LogP contribution >= 0.6 is 11.8 Å². The van der Waals surface area contributed by atoms with Crippen LogP contribution in [0.5, 0.6) is 5.75 Å². The van der Waals surface area contributed by atoms with Gasteiger partial charge < -0.3 is 9.84 Å². The molecule has 0 amide bonds. The number of ether oxygens (including phenoxy) is 1. The molecule has 0 saturated heterocycles. The van der Waals surface area contributed by atoms with Crippen molar-refractivity contribution in [2.45, 2.75) is 11.3 Å². The number of aliphatic hydroxyl groups is 1. The van der Waals surface area contributed by atoms with E-state index in [1.165, 1.54) is 0 Å². The van der Waals surface area contributed by atoms with Gasteiger partial charge in [-0.25, -0.2) is 0 Å². The molecule has 0 aliphatic heterocycles. The van der Waals surface area contributed by atoms with E-state index in [0.29, 0.717) is 6.42 Å². The zero-order valence-electron chi connectivity index (χ0n) is 7.91. The molecule has 0 spiro atoms. The number of hydrogen-bond donors (Lipinski definition) is 1. The van der Waals surface area contributed by atoms with Crippen molar-refractivity contribution in [2.75, 3.05) is 20.0 Å². The van der Waals surface area contributed by atoms with Gasteiger partial charge in [0.1, 0.15) is 5.75 Å². The Balaban J connectivity index is 2.91. The second kappa shape index (κ2) is 5.14. The maximum absolute atomic E-state index is 8.77. The molecule has 0 aliphatic carbocycles. The van der Waals surface area contributed by atoms with Crippen LogP contribution in [0.1, 0.15) is 5.56 Å². The molecule has 0 unspecified atom stereocenters. The Hall–Kier alpha value is -0.670. The minimum atomic E-state index is 0.195. The molecule has 13 heavy (non-hydrogen) atoms. The van der Waals surface area contributed by atoms with Crippen LogP contribution in [-0.2, 0) is 6.42 Å². The van der Waals surface area contributed by atoms with Gasteiger partial charge in [-0.05, 0) is 30.4 Å². The van der Waals surface area contributed by atoms with E-state index in [0.717, 1.165) is 16.2 Å². The molecule has 1 aromatic carbocycles. The summed E-state index contributed by atoms with van der Waals surface area (Å²) >= 11 is 1.65. The van der Waals surface area contributed by atoms with Crippen LogP contribution in [0.2, 0.25) is 0 Å². The summed E-state index contributed by atoms with van der Waals surface area (Å²) in [6, 6.07) is 5.98. The Labute approximate surface area is 82.9 Å². The van der Waals surface area contributed by atoms with Crippen molar-refractivity contribution in [3.63, 3.8) is 0 Å². The van der Waals surface area contributed by atoms with Gasteiger partial charge in [0.05, 0.1) is 7.11 Å². The second-order valence-corrected chi connectivity index (χ2v) is 3.51. The predicted molar refractivity (Wildman–Crippen MR) is 55.6 cm³/mol. The average molecular weight is 198 g/mol. The molecule has 1 aromatic rings. The first kappa shape index (κ1) is 10.4. The van der Waals surface area contributed by atoms with Crippen molar-refractivity contribution in [3.8, 4) is 5.75 Å². The maximum atomic E-state index is 8.77. The highest BCUT2D eigenvalue weighted by Gasteiger charge is 2.02. The van der Waals surface area contributed by atoms with Gasteiger partial charge in [0.25, 0.3) is 0 Å². The van der Waals surface area contributed by atoms with Crippen molar-refractivity contribution in [3.05, 3.63) is 23.8 Å². The zero-order valence-corrected chi connectivity index (χ0v) is 8.73. The van der Waals surface area contributed by atoms with Crippen LogP contribution in [0.25, 0.3) is 0 Å². The fourth-order valence-corrected chi connectivity index (χ4v) is 1.79. The third-order valence-electron chi connectivity index (χ3n) is 1.85. The van der Waals surface area contributed by atoms with Gasteiger partial charge in [-0.2, -0.15) is 0 Å². The first-order valence-corrected chi connectivity index (χ1v) is 5.36. The summed E-state index contributed by atoms with van der Waals surface area (Å²) in [5.41, 5.74) is 1.15. The number of rotatable bonds is 4. The van der Waals surface area contributed by atoms with Crippen molar-refractivity contribution in [1.82, 2.24) is 0 Å². The fraction of sp³-hybridized carbons (Fsp3) is 0.400. The second-order valence-electron chi connectivity index (χ2n) is 2.66. The normalized spacial score (nSPS) is 10.1. The number of aliphatic hydroxyl groups excluding tert-OH is 1. The number of benzene rings is 1. The van der Waals surface area contributed by atoms with Gasteiger partial charge in [-0.3, -0.25) is 0 Å². The van der Waals surface area contributed by atoms with Crippen LogP contribution in [0, 0.1) is 0 Å². The van der Waals surface area contributed by atoms with Crippen molar-refractivity contribution in [2.24, 2.45) is 0 Å². The molecule has 1 rings (SSSR count). The molecular formula is C10H14O2S. The first-order valence-electron chi connectivity index (χ1n) is 4.13.